The quantitative estimate of drug-likeness (QED) is 0.451. The van der Waals surface area contributed by atoms with Gasteiger partial charge in [0.05, 0.1) is 27.4 Å². The van der Waals surface area contributed by atoms with E-state index in [4.69, 9.17) is 18.7 Å². The van der Waals surface area contributed by atoms with E-state index in [-0.39, 0.29) is 22.2 Å². The van der Waals surface area contributed by atoms with Gasteiger partial charge in [-0.3, -0.25) is 9.40 Å². The monoisotopic (exact) mass is 456 g/mol. The summed E-state index contributed by atoms with van der Waals surface area (Å²) in [5.41, 5.74) is 2.37. The van der Waals surface area contributed by atoms with Crippen molar-refractivity contribution in [3.63, 3.8) is 0 Å². The maximum atomic E-state index is 13.3. The average molecular weight is 456 g/mol. The molecular weight excluding hydrogens is 436 g/mol. The summed E-state index contributed by atoms with van der Waals surface area (Å²) in [6.07, 6.45) is 4.27. The number of methoxy groups -OCH3 is 2. The van der Waals surface area contributed by atoms with E-state index < -0.39 is 10.0 Å². The number of sulfonamides is 1. The van der Waals surface area contributed by atoms with Crippen LogP contribution in [0.1, 0.15) is 11.1 Å². The normalized spacial score (nSPS) is 13.1. The van der Waals surface area contributed by atoms with Crippen LogP contribution < -0.4 is 18.9 Å². The van der Waals surface area contributed by atoms with Gasteiger partial charge >= 0.3 is 0 Å². The molecular formula is C21H20N4O6S. The Morgan fingerprint density at radius 3 is 2.66 bits per heavy atom. The fraction of sp³-hybridized carbons (Fsp3) is 0.238. The molecule has 0 saturated carbocycles. The Hall–Kier alpha value is -3.73. The Bertz CT molecular complexity index is 1370. The van der Waals surface area contributed by atoms with Gasteiger partial charge in [-0.1, -0.05) is 11.2 Å². The van der Waals surface area contributed by atoms with Crippen molar-refractivity contribution in [1.29, 1.82) is 0 Å². The third kappa shape index (κ3) is 3.30. The van der Waals surface area contributed by atoms with Gasteiger partial charge in [-0.05, 0) is 29.8 Å². The fourth-order valence-electron chi connectivity index (χ4n) is 3.89. The summed E-state index contributed by atoms with van der Waals surface area (Å²) in [5, 5.41) is 8.71. The minimum atomic E-state index is -4.12. The maximum Gasteiger partial charge on any atom is 0.270 e. The minimum absolute atomic E-state index is 0.0387. The Kier molecular flexibility index (Phi) is 4.89. The van der Waals surface area contributed by atoms with Gasteiger partial charge in [0.15, 0.2) is 16.3 Å². The minimum Gasteiger partial charge on any atom is -0.495 e. The number of hydrogen-bond donors (Lipinski definition) is 1. The van der Waals surface area contributed by atoms with Gasteiger partial charge in [0.2, 0.25) is 0 Å². The summed E-state index contributed by atoms with van der Waals surface area (Å²) in [5.74, 6) is 0.896. The molecule has 166 valence electrons. The number of aromatic nitrogens is 3. The van der Waals surface area contributed by atoms with Gasteiger partial charge in [-0.2, -0.15) is 5.10 Å². The highest BCUT2D eigenvalue weighted by molar-refractivity contribution is 7.93. The largest absolute Gasteiger partial charge is 0.495 e. The van der Waals surface area contributed by atoms with E-state index in [1.54, 1.807) is 29.1 Å². The van der Waals surface area contributed by atoms with E-state index >= 15 is 0 Å². The molecule has 0 saturated heterocycles. The molecule has 0 fully saturated rings. The number of nitrogens with one attached hydrogen (secondary N) is 1. The predicted molar refractivity (Wildman–Crippen MR) is 115 cm³/mol. The van der Waals surface area contributed by atoms with Crippen LogP contribution in [0.5, 0.6) is 17.2 Å². The summed E-state index contributed by atoms with van der Waals surface area (Å²) in [6, 6.07) is 8.42. The SMILES string of the molecule is COc1cccc(OC)c1S(=O)(=O)Nc1noc2cc(Cn3cccn3)c3c(c12)OCC3. The van der Waals surface area contributed by atoms with Crippen LogP contribution in [0.15, 0.2) is 52.1 Å². The second-order valence-electron chi connectivity index (χ2n) is 7.15. The summed E-state index contributed by atoms with van der Waals surface area (Å²) >= 11 is 0. The zero-order valence-corrected chi connectivity index (χ0v) is 18.2. The average Bonchev–Trinajstić information content (AvgIpc) is 3.54. The van der Waals surface area contributed by atoms with Crippen LogP contribution in [0.2, 0.25) is 0 Å². The Balaban J connectivity index is 1.59. The smallest absolute Gasteiger partial charge is 0.270 e. The third-order valence-corrected chi connectivity index (χ3v) is 6.69. The van der Waals surface area contributed by atoms with Crippen molar-refractivity contribution in [2.75, 3.05) is 25.5 Å². The van der Waals surface area contributed by atoms with Crippen molar-refractivity contribution in [2.24, 2.45) is 0 Å². The van der Waals surface area contributed by atoms with Gasteiger partial charge < -0.3 is 18.7 Å². The molecule has 10 nitrogen and oxygen atoms in total. The molecule has 5 rings (SSSR count). The Labute approximate surface area is 183 Å². The van der Waals surface area contributed by atoms with E-state index in [0.29, 0.717) is 36.3 Å². The fourth-order valence-corrected chi connectivity index (χ4v) is 5.22. The molecule has 1 aliphatic heterocycles. The number of hydrogen-bond acceptors (Lipinski definition) is 8. The van der Waals surface area contributed by atoms with Crippen molar-refractivity contribution < 1.29 is 27.2 Å². The molecule has 0 radical (unpaired) electrons. The van der Waals surface area contributed by atoms with E-state index in [9.17, 15) is 8.42 Å². The topological polar surface area (TPSA) is 118 Å². The standard InChI is InChI=1S/C21H20N4O6S/c1-28-15-5-3-6-16(29-2)20(15)32(26,27)24-21-18-17(31-23-21)11-13(12-25-9-4-8-22-25)14-7-10-30-19(14)18/h3-6,8-9,11H,7,10,12H2,1-2H3,(H,23,24). The summed E-state index contributed by atoms with van der Waals surface area (Å²) < 4.78 is 52.7. The number of nitrogens with zero attached hydrogens (tertiary/aromatic N) is 3. The lowest BCUT2D eigenvalue weighted by atomic mass is 10.0. The van der Waals surface area contributed by atoms with Crippen molar-refractivity contribution in [3.05, 3.63) is 53.9 Å². The molecule has 0 unspecified atom stereocenters. The molecule has 3 heterocycles. The highest BCUT2D eigenvalue weighted by Crippen LogP contribution is 2.42. The first-order valence-corrected chi connectivity index (χ1v) is 11.3. The molecule has 0 aliphatic carbocycles. The molecule has 4 aromatic rings. The number of fused-ring (bicyclic) bond motifs is 3. The molecule has 32 heavy (non-hydrogen) atoms. The van der Waals surface area contributed by atoms with Crippen molar-refractivity contribution in [2.45, 2.75) is 17.9 Å². The van der Waals surface area contributed by atoms with E-state index in [1.165, 1.54) is 14.2 Å². The first-order chi connectivity index (χ1) is 15.5. The second-order valence-corrected chi connectivity index (χ2v) is 8.77. The number of benzene rings is 2. The highest BCUT2D eigenvalue weighted by atomic mass is 32.2. The first-order valence-electron chi connectivity index (χ1n) is 9.80. The first kappa shape index (κ1) is 20.2. The van der Waals surface area contributed by atoms with Gasteiger partial charge in [-0.25, -0.2) is 8.42 Å². The van der Waals surface area contributed by atoms with E-state index in [0.717, 1.165) is 11.1 Å². The highest BCUT2D eigenvalue weighted by Gasteiger charge is 2.30. The van der Waals surface area contributed by atoms with Crippen LogP contribution in [0.3, 0.4) is 0 Å². The summed E-state index contributed by atoms with van der Waals surface area (Å²) in [6.45, 7) is 1.02. The Morgan fingerprint density at radius 1 is 1.19 bits per heavy atom. The summed E-state index contributed by atoms with van der Waals surface area (Å²) in [7, 11) is -1.34. The lowest BCUT2D eigenvalue weighted by Gasteiger charge is -2.14. The molecule has 0 atom stereocenters. The van der Waals surface area contributed by atoms with Crippen LogP contribution >= 0.6 is 0 Å². The molecule has 11 heteroatoms. The lowest BCUT2D eigenvalue weighted by Crippen LogP contribution is -2.15. The van der Waals surface area contributed by atoms with Crippen LogP contribution in [-0.2, 0) is 23.0 Å². The van der Waals surface area contributed by atoms with Crippen molar-refractivity contribution >= 4 is 26.8 Å². The van der Waals surface area contributed by atoms with Crippen molar-refractivity contribution in [3.8, 4) is 17.2 Å². The van der Waals surface area contributed by atoms with Gasteiger partial charge in [-0.15, -0.1) is 0 Å². The molecule has 1 N–H and O–H groups in total. The van der Waals surface area contributed by atoms with Gasteiger partial charge in [0, 0.05) is 24.4 Å². The zero-order chi connectivity index (χ0) is 22.3. The van der Waals surface area contributed by atoms with Crippen LogP contribution in [0, 0.1) is 0 Å². The molecule has 2 aromatic heterocycles. The number of ether oxygens (including phenoxy) is 3. The third-order valence-electron chi connectivity index (χ3n) is 5.28. The van der Waals surface area contributed by atoms with Crippen LogP contribution in [-0.4, -0.2) is 44.2 Å². The predicted octanol–water partition coefficient (Wildman–Crippen LogP) is 2.83. The second kappa shape index (κ2) is 7.75. The van der Waals surface area contributed by atoms with Crippen molar-refractivity contribution in [1.82, 2.24) is 14.9 Å². The summed E-state index contributed by atoms with van der Waals surface area (Å²) in [4.78, 5) is -0.131. The maximum absolute atomic E-state index is 13.3. The number of anilines is 1. The molecule has 1 aliphatic rings. The molecule has 0 amide bonds. The van der Waals surface area contributed by atoms with E-state index in [2.05, 4.69) is 15.0 Å². The molecule has 0 spiro atoms. The van der Waals surface area contributed by atoms with E-state index in [1.807, 2.05) is 18.3 Å². The number of rotatable bonds is 7. The molecule has 2 aromatic carbocycles. The molecule has 0 bridgehead atoms. The van der Waals surface area contributed by atoms with Crippen LogP contribution in [0.25, 0.3) is 11.0 Å². The lowest BCUT2D eigenvalue weighted by molar-refractivity contribution is 0.360. The van der Waals surface area contributed by atoms with Crippen LogP contribution in [0.4, 0.5) is 5.82 Å². The Morgan fingerprint density at radius 2 is 1.97 bits per heavy atom. The van der Waals surface area contributed by atoms with Gasteiger partial charge in [0.25, 0.3) is 10.0 Å². The van der Waals surface area contributed by atoms with Gasteiger partial charge in [0.1, 0.15) is 22.6 Å². The zero-order valence-electron chi connectivity index (χ0n) is 17.4.